The summed E-state index contributed by atoms with van der Waals surface area (Å²) in [5, 5.41) is 10.4. The number of benzene rings is 2. The quantitative estimate of drug-likeness (QED) is 0.599. The van der Waals surface area contributed by atoms with E-state index in [2.05, 4.69) is 15.5 Å². The first-order valence-electron chi connectivity index (χ1n) is 7.87. The third-order valence-corrected chi connectivity index (χ3v) is 4.83. The second-order valence-corrected chi connectivity index (χ2v) is 7.17. The zero-order valence-electron chi connectivity index (χ0n) is 14.4. The van der Waals surface area contributed by atoms with Gasteiger partial charge >= 0.3 is 0 Å². The van der Waals surface area contributed by atoms with Crippen LogP contribution in [0.3, 0.4) is 0 Å². The molecule has 3 aromatic rings. The van der Waals surface area contributed by atoms with Crippen LogP contribution in [0.2, 0.25) is 5.02 Å². The number of nitrogens with zero attached hydrogens (tertiary/aromatic N) is 2. The molecule has 1 amide bonds. The summed E-state index contributed by atoms with van der Waals surface area (Å²) in [7, 11) is 1.59. The van der Waals surface area contributed by atoms with E-state index >= 15 is 0 Å². The van der Waals surface area contributed by atoms with Gasteiger partial charge in [0.1, 0.15) is 11.6 Å². The molecule has 1 N–H and O–H groups in total. The number of halogens is 2. The highest BCUT2D eigenvalue weighted by molar-refractivity contribution is 8.00. The Kier molecular flexibility index (Phi) is 5.98. The van der Waals surface area contributed by atoms with E-state index in [4.69, 9.17) is 20.8 Å². The maximum Gasteiger partial charge on any atom is 0.277 e. The lowest BCUT2D eigenvalue weighted by molar-refractivity contribution is -0.115. The lowest BCUT2D eigenvalue weighted by Crippen LogP contribution is -2.22. The van der Waals surface area contributed by atoms with Gasteiger partial charge in [0, 0.05) is 5.56 Å². The van der Waals surface area contributed by atoms with E-state index in [0.717, 1.165) is 29.1 Å². The number of carbonyl (C=O) groups is 1. The number of hydrogen-bond donors (Lipinski definition) is 1. The molecular formula is C18H15ClFN3O3S. The predicted molar refractivity (Wildman–Crippen MR) is 102 cm³/mol. The fourth-order valence-corrected chi connectivity index (χ4v) is 3.04. The molecule has 0 aliphatic carbocycles. The van der Waals surface area contributed by atoms with Gasteiger partial charge in [0.2, 0.25) is 11.8 Å². The van der Waals surface area contributed by atoms with Crippen LogP contribution in [-0.4, -0.2) is 28.5 Å². The highest BCUT2D eigenvalue weighted by Gasteiger charge is 2.20. The van der Waals surface area contributed by atoms with Crippen LogP contribution in [-0.2, 0) is 4.79 Å². The second-order valence-electron chi connectivity index (χ2n) is 5.48. The van der Waals surface area contributed by atoms with Crippen molar-refractivity contribution >= 4 is 35.0 Å². The second kappa shape index (κ2) is 8.41. The van der Waals surface area contributed by atoms with Crippen molar-refractivity contribution in [2.75, 3.05) is 12.4 Å². The van der Waals surface area contributed by atoms with Crippen LogP contribution in [0, 0.1) is 5.82 Å². The highest BCUT2D eigenvalue weighted by atomic mass is 35.5. The predicted octanol–water partition coefficient (Wildman–Crippen LogP) is 4.66. The van der Waals surface area contributed by atoms with Gasteiger partial charge in [-0.1, -0.05) is 23.4 Å². The Morgan fingerprint density at radius 1 is 1.26 bits per heavy atom. The number of ether oxygens (including phenoxy) is 1. The van der Waals surface area contributed by atoms with Crippen molar-refractivity contribution in [2.45, 2.75) is 17.4 Å². The first-order valence-corrected chi connectivity index (χ1v) is 9.12. The van der Waals surface area contributed by atoms with Crippen LogP contribution in [0.1, 0.15) is 6.92 Å². The lowest BCUT2D eigenvalue weighted by atomic mass is 10.2. The molecule has 2 aromatic carbocycles. The topological polar surface area (TPSA) is 77.2 Å². The van der Waals surface area contributed by atoms with Gasteiger partial charge in [-0.2, -0.15) is 0 Å². The zero-order chi connectivity index (χ0) is 19.4. The van der Waals surface area contributed by atoms with Crippen molar-refractivity contribution in [3.63, 3.8) is 0 Å². The van der Waals surface area contributed by atoms with Crippen LogP contribution < -0.4 is 10.1 Å². The van der Waals surface area contributed by atoms with Gasteiger partial charge < -0.3 is 14.5 Å². The molecule has 6 nitrogen and oxygen atoms in total. The summed E-state index contributed by atoms with van der Waals surface area (Å²) in [6.07, 6.45) is 0. The van der Waals surface area contributed by atoms with E-state index in [1.54, 1.807) is 38.3 Å². The third kappa shape index (κ3) is 4.78. The third-order valence-electron chi connectivity index (χ3n) is 3.58. The van der Waals surface area contributed by atoms with E-state index in [-0.39, 0.29) is 16.2 Å². The number of anilines is 1. The molecular weight excluding hydrogens is 393 g/mol. The van der Waals surface area contributed by atoms with Gasteiger partial charge in [-0.25, -0.2) is 4.39 Å². The molecule has 0 aliphatic rings. The summed E-state index contributed by atoms with van der Waals surface area (Å²) < 4.78 is 23.8. The minimum Gasteiger partial charge on any atom is -0.497 e. The van der Waals surface area contributed by atoms with Crippen LogP contribution in [0.25, 0.3) is 11.5 Å². The van der Waals surface area contributed by atoms with Crippen molar-refractivity contribution in [3.05, 3.63) is 53.3 Å². The molecule has 140 valence electrons. The zero-order valence-corrected chi connectivity index (χ0v) is 16.0. The van der Waals surface area contributed by atoms with Crippen molar-refractivity contribution in [3.8, 4) is 17.2 Å². The molecule has 0 spiro atoms. The minimum atomic E-state index is -0.532. The fraction of sp³-hybridized carbons (Fsp3) is 0.167. The first-order chi connectivity index (χ1) is 13.0. The van der Waals surface area contributed by atoms with Crippen LogP contribution in [0.4, 0.5) is 10.1 Å². The molecule has 1 aromatic heterocycles. The highest BCUT2D eigenvalue weighted by Crippen LogP contribution is 2.28. The molecule has 1 heterocycles. The van der Waals surface area contributed by atoms with Gasteiger partial charge in [0.15, 0.2) is 0 Å². The fourth-order valence-electron chi connectivity index (χ4n) is 2.14. The van der Waals surface area contributed by atoms with E-state index in [1.165, 1.54) is 12.1 Å². The lowest BCUT2D eigenvalue weighted by Gasteiger charge is -2.11. The molecule has 0 saturated carbocycles. The number of hydrogen-bond acceptors (Lipinski definition) is 6. The maximum atomic E-state index is 13.1. The van der Waals surface area contributed by atoms with E-state index < -0.39 is 11.1 Å². The van der Waals surface area contributed by atoms with Gasteiger partial charge in [-0.3, -0.25) is 4.79 Å². The van der Waals surface area contributed by atoms with E-state index in [1.807, 2.05) is 0 Å². The molecule has 3 rings (SSSR count). The standard InChI is InChI=1S/C18H15ClFN3O3S/c1-10(16(24)21-15-8-5-12(20)9-14(15)19)27-18-23-22-17(26-18)11-3-6-13(25-2)7-4-11/h3-10H,1-2H3,(H,21,24)/t10-/m1/s1. The van der Waals surface area contributed by atoms with Gasteiger partial charge in [0.25, 0.3) is 5.22 Å². The number of rotatable bonds is 6. The van der Waals surface area contributed by atoms with Crippen LogP contribution >= 0.6 is 23.4 Å². The largest absolute Gasteiger partial charge is 0.497 e. The van der Waals surface area contributed by atoms with Gasteiger partial charge in [0.05, 0.1) is 23.1 Å². The van der Waals surface area contributed by atoms with Crippen molar-refractivity contribution in [2.24, 2.45) is 0 Å². The summed E-state index contributed by atoms with van der Waals surface area (Å²) in [5.41, 5.74) is 1.07. The summed E-state index contributed by atoms with van der Waals surface area (Å²) in [5.74, 6) is 0.266. The molecule has 0 radical (unpaired) electrons. The Morgan fingerprint density at radius 2 is 2.00 bits per heavy atom. The van der Waals surface area contributed by atoms with Crippen LogP contribution in [0.5, 0.6) is 5.75 Å². The Hall–Kier alpha value is -2.58. The Bertz CT molecular complexity index is 949. The Balaban J connectivity index is 1.64. The van der Waals surface area contributed by atoms with Crippen LogP contribution in [0.15, 0.2) is 52.1 Å². The van der Waals surface area contributed by atoms with E-state index in [9.17, 15) is 9.18 Å². The number of nitrogens with one attached hydrogen (secondary N) is 1. The normalized spacial score (nSPS) is 11.9. The van der Waals surface area contributed by atoms with Crippen molar-refractivity contribution in [1.29, 1.82) is 0 Å². The van der Waals surface area contributed by atoms with Gasteiger partial charge in [-0.15, -0.1) is 10.2 Å². The number of carbonyl (C=O) groups excluding carboxylic acids is 1. The van der Waals surface area contributed by atoms with E-state index in [0.29, 0.717) is 11.6 Å². The molecule has 0 bridgehead atoms. The number of thioether (sulfide) groups is 1. The molecule has 0 unspecified atom stereocenters. The maximum absolute atomic E-state index is 13.1. The molecule has 9 heteroatoms. The molecule has 1 atom stereocenters. The number of amides is 1. The summed E-state index contributed by atoms with van der Waals surface area (Å²) in [4.78, 5) is 12.3. The summed E-state index contributed by atoms with van der Waals surface area (Å²) >= 11 is 7.03. The number of aromatic nitrogens is 2. The first kappa shape index (κ1) is 19.2. The summed E-state index contributed by atoms with van der Waals surface area (Å²) in [6, 6.07) is 10.9. The molecule has 0 fully saturated rings. The Morgan fingerprint density at radius 3 is 2.67 bits per heavy atom. The molecule has 27 heavy (non-hydrogen) atoms. The minimum absolute atomic E-state index is 0.125. The molecule has 0 saturated heterocycles. The average Bonchev–Trinajstić information content (AvgIpc) is 3.12. The van der Waals surface area contributed by atoms with Crippen molar-refractivity contribution in [1.82, 2.24) is 10.2 Å². The van der Waals surface area contributed by atoms with Crippen molar-refractivity contribution < 1.29 is 18.3 Å². The summed E-state index contributed by atoms with van der Waals surface area (Å²) in [6.45, 7) is 1.69. The monoisotopic (exact) mass is 407 g/mol. The molecule has 0 aliphatic heterocycles. The van der Waals surface area contributed by atoms with Gasteiger partial charge in [-0.05, 0) is 49.4 Å². The smallest absolute Gasteiger partial charge is 0.277 e. The number of methoxy groups -OCH3 is 1. The SMILES string of the molecule is COc1ccc(-c2nnc(S[C@H](C)C(=O)Nc3ccc(F)cc3Cl)o2)cc1. The average molecular weight is 408 g/mol. The Labute approximate surface area is 164 Å².